The average molecular weight is 475 g/mol. The van der Waals surface area contributed by atoms with Crippen molar-refractivity contribution in [3.63, 3.8) is 0 Å². The van der Waals surface area contributed by atoms with Gasteiger partial charge >= 0.3 is 0 Å². The number of carbonyl (C=O) groups excluding carboxylic acids is 1. The molecule has 31 heavy (non-hydrogen) atoms. The number of methoxy groups -OCH3 is 1. The van der Waals surface area contributed by atoms with Crippen molar-refractivity contribution in [1.29, 1.82) is 5.26 Å². The van der Waals surface area contributed by atoms with Crippen LogP contribution >= 0.6 is 34.4 Å². The number of thioether (sulfide) groups is 1. The van der Waals surface area contributed by atoms with Gasteiger partial charge in [0.25, 0.3) is 5.56 Å². The minimum Gasteiger partial charge on any atom is -0.383 e. The maximum absolute atomic E-state index is 13.1. The first kappa shape index (κ1) is 22.0. The van der Waals surface area contributed by atoms with Crippen molar-refractivity contribution in [3.8, 4) is 6.07 Å². The number of nitrogens with zero attached hydrogens (tertiary/aromatic N) is 3. The maximum Gasteiger partial charge on any atom is 0.263 e. The number of nitrogens with one attached hydrogen (secondary N) is 1. The molecule has 0 bridgehead atoms. The molecule has 0 saturated heterocycles. The van der Waals surface area contributed by atoms with E-state index in [2.05, 4.69) is 16.4 Å². The number of ether oxygens (including phenoxy) is 1. The van der Waals surface area contributed by atoms with Crippen LogP contribution in [0.15, 0.2) is 9.95 Å². The van der Waals surface area contributed by atoms with Crippen LogP contribution in [-0.2, 0) is 28.9 Å². The van der Waals surface area contributed by atoms with Crippen LogP contribution in [0.5, 0.6) is 0 Å². The third kappa shape index (κ3) is 4.15. The van der Waals surface area contributed by atoms with Gasteiger partial charge in [-0.2, -0.15) is 5.26 Å². The molecule has 0 fully saturated rings. The second-order valence-corrected chi connectivity index (χ2v) is 10.6. The monoisotopic (exact) mass is 474 g/mol. The largest absolute Gasteiger partial charge is 0.383 e. The fourth-order valence-corrected chi connectivity index (χ4v) is 6.85. The Balaban J connectivity index is 1.56. The van der Waals surface area contributed by atoms with Crippen molar-refractivity contribution < 1.29 is 9.53 Å². The predicted molar refractivity (Wildman–Crippen MR) is 126 cm³/mol. The van der Waals surface area contributed by atoms with Gasteiger partial charge in [-0.05, 0) is 44.2 Å². The number of hydrogen-bond acceptors (Lipinski definition) is 8. The number of rotatable bonds is 7. The summed E-state index contributed by atoms with van der Waals surface area (Å²) in [4.78, 5) is 33.4. The number of aromatic nitrogens is 2. The maximum atomic E-state index is 13.1. The SMILES string of the molecule is COCCn1c(SCC(=O)Nc2sc3c(c2C#N)CCC3)nc2sc(C)c(C)c2c1=O. The Labute approximate surface area is 192 Å². The second-order valence-electron chi connectivity index (χ2n) is 7.32. The Morgan fingerprint density at radius 2 is 2.16 bits per heavy atom. The Hall–Kier alpha value is -2.19. The summed E-state index contributed by atoms with van der Waals surface area (Å²) in [5, 5.41) is 14.2. The van der Waals surface area contributed by atoms with Gasteiger partial charge in [0.15, 0.2) is 5.16 Å². The highest BCUT2D eigenvalue weighted by Gasteiger charge is 2.23. The Morgan fingerprint density at radius 3 is 2.90 bits per heavy atom. The first-order valence-corrected chi connectivity index (χ1v) is 12.5. The molecule has 1 amide bonds. The summed E-state index contributed by atoms with van der Waals surface area (Å²) in [7, 11) is 1.59. The minimum atomic E-state index is -0.215. The Morgan fingerprint density at radius 1 is 1.35 bits per heavy atom. The van der Waals surface area contributed by atoms with Gasteiger partial charge in [-0.15, -0.1) is 22.7 Å². The first-order valence-electron chi connectivity index (χ1n) is 9.91. The summed E-state index contributed by atoms with van der Waals surface area (Å²) >= 11 is 4.21. The molecule has 3 aromatic heterocycles. The topological polar surface area (TPSA) is 97.0 Å². The van der Waals surface area contributed by atoms with Crippen molar-refractivity contribution in [2.45, 2.75) is 44.8 Å². The summed E-state index contributed by atoms with van der Waals surface area (Å²) in [5.41, 5.74) is 2.53. The summed E-state index contributed by atoms with van der Waals surface area (Å²) < 4.78 is 6.75. The molecule has 0 aromatic carbocycles. The van der Waals surface area contributed by atoms with Gasteiger partial charge in [-0.3, -0.25) is 14.2 Å². The van der Waals surface area contributed by atoms with Gasteiger partial charge in [-0.25, -0.2) is 4.98 Å². The number of carbonyl (C=O) groups is 1. The summed E-state index contributed by atoms with van der Waals surface area (Å²) in [6.07, 6.45) is 2.93. The van der Waals surface area contributed by atoms with E-state index in [1.54, 1.807) is 11.7 Å². The van der Waals surface area contributed by atoms with E-state index in [9.17, 15) is 14.9 Å². The second kappa shape index (κ2) is 9.12. The number of aryl methyl sites for hydroxylation is 3. The molecule has 0 unspecified atom stereocenters. The highest BCUT2D eigenvalue weighted by Crippen LogP contribution is 2.38. The molecule has 3 aromatic rings. The molecule has 0 saturated carbocycles. The van der Waals surface area contributed by atoms with Crippen molar-refractivity contribution in [2.24, 2.45) is 0 Å². The fraction of sp³-hybridized carbons (Fsp3) is 0.429. The lowest BCUT2D eigenvalue weighted by Gasteiger charge is -2.12. The van der Waals surface area contributed by atoms with Crippen molar-refractivity contribution in [1.82, 2.24) is 9.55 Å². The normalized spacial score (nSPS) is 12.8. The van der Waals surface area contributed by atoms with Gasteiger partial charge in [0, 0.05) is 16.9 Å². The van der Waals surface area contributed by atoms with Gasteiger partial charge in [-0.1, -0.05) is 11.8 Å². The molecule has 4 rings (SSSR count). The van der Waals surface area contributed by atoms with Crippen LogP contribution in [0.4, 0.5) is 5.00 Å². The van der Waals surface area contributed by atoms with Crippen molar-refractivity contribution in [2.75, 3.05) is 24.8 Å². The van der Waals surface area contributed by atoms with Gasteiger partial charge in [0.2, 0.25) is 5.91 Å². The third-order valence-electron chi connectivity index (χ3n) is 5.39. The van der Waals surface area contributed by atoms with Crippen LogP contribution < -0.4 is 10.9 Å². The fourth-order valence-electron chi connectivity index (χ4n) is 3.70. The van der Waals surface area contributed by atoms with Crippen molar-refractivity contribution in [3.05, 3.63) is 36.8 Å². The van der Waals surface area contributed by atoms with Crippen LogP contribution in [0.1, 0.15) is 32.9 Å². The Bertz CT molecular complexity index is 1270. The van der Waals surface area contributed by atoms with Crippen LogP contribution in [0.25, 0.3) is 10.2 Å². The van der Waals surface area contributed by atoms with Gasteiger partial charge < -0.3 is 10.1 Å². The number of anilines is 1. The van der Waals surface area contributed by atoms with Gasteiger partial charge in [0.05, 0.1) is 29.9 Å². The van der Waals surface area contributed by atoms with E-state index in [0.717, 1.165) is 35.3 Å². The zero-order valence-corrected chi connectivity index (χ0v) is 20.0. The van der Waals surface area contributed by atoms with E-state index in [1.807, 2.05) is 13.8 Å². The standard InChI is InChI=1S/C21H22N4O3S3/c1-11-12(2)30-19-17(11)20(27)25(7-8-28-3)21(24-19)29-10-16(26)23-18-14(9-22)13-5-4-6-15(13)31-18/h4-8,10H2,1-3H3,(H,23,26). The number of nitriles is 1. The first-order chi connectivity index (χ1) is 14.9. The number of fused-ring (bicyclic) bond motifs is 2. The Kier molecular flexibility index (Phi) is 6.48. The molecule has 7 nitrogen and oxygen atoms in total. The smallest absolute Gasteiger partial charge is 0.263 e. The molecule has 0 aliphatic heterocycles. The highest BCUT2D eigenvalue weighted by atomic mass is 32.2. The number of thiophene rings is 2. The molecule has 162 valence electrons. The van der Waals surface area contributed by atoms with Crippen LogP contribution in [0.2, 0.25) is 0 Å². The average Bonchev–Trinajstić information content (AvgIpc) is 3.39. The van der Waals surface area contributed by atoms with E-state index < -0.39 is 0 Å². The highest BCUT2D eigenvalue weighted by molar-refractivity contribution is 7.99. The molecule has 1 aliphatic carbocycles. The molecule has 1 aliphatic rings. The molecule has 0 spiro atoms. The quantitative estimate of drug-likeness (QED) is 0.412. The summed E-state index contributed by atoms with van der Waals surface area (Å²) in [6.45, 7) is 4.66. The van der Waals surface area contributed by atoms with Crippen LogP contribution in [0.3, 0.4) is 0 Å². The zero-order valence-electron chi connectivity index (χ0n) is 17.5. The molecule has 10 heteroatoms. The van der Waals surface area contributed by atoms with Crippen molar-refractivity contribution >= 4 is 55.6 Å². The number of amides is 1. The van der Waals surface area contributed by atoms with E-state index in [0.29, 0.717) is 39.1 Å². The summed E-state index contributed by atoms with van der Waals surface area (Å²) in [6, 6.07) is 2.24. The van der Waals surface area contributed by atoms with E-state index in [1.165, 1.54) is 39.3 Å². The van der Waals surface area contributed by atoms with E-state index in [-0.39, 0.29) is 17.2 Å². The molecular weight excluding hydrogens is 452 g/mol. The molecule has 0 radical (unpaired) electrons. The van der Waals surface area contributed by atoms with E-state index in [4.69, 9.17) is 4.74 Å². The predicted octanol–water partition coefficient (Wildman–Crippen LogP) is 3.87. The lowest BCUT2D eigenvalue weighted by atomic mass is 10.1. The molecule has 3 heterocycles. The lowest BCUT2D eigenvalue weighted by Crippen LogP contribution is -2.26. The zero-order chi connectivity index (χ0) is 22.1. The lowest BCUT2D eigenvalue weighted by molar-refractivity contribution is -0.113. The molecule has 1 N–H and O–H groups in total. The summed E-state index contributed by atoms with van der Waals surface area (Å²) in [5.74, 6) is -0.116. The number of hydrogen-bond donors (Lipinski definition) is 1. The third-order valence-corrected chi connectivity index (χ3v) is 8.68. The van der Waals surface area contributed by atoms with Crippen LogP contribution in [-0.4, -0.2) is 34.9 Å². The van der Waals surface area contributed by atoms with Gasteiger partial charge in [0.1, 0.15) is 15.9 Å². The van der Waals surface area contributed by atoms with Crippen LogP contribution in [0, 0.1) is 25.2 Å². The van der Waals surface area contributed by atoms with E-state index >= 15 is 0 Å². The molecule has 0 atom stereocenters. The minimum absolute atomic E-state index is 0.0989. The molecular formula is C21H22N4O3S3.